The first-order valence-corrected chi connectivity index (χ1v) is 12.7. The van der Waals surface area contributed by atoms with Crippen molar-refractivity contribution in [1.29, 1.82) is 0 Å². The van der Waals surface area contributed by atoms with Gasteiger partial charge in [-0.2, -0.15) is 0 Å². The highest BCUT2D eigenvalue weighted by molar-refractivity contribution is 6.42. The Morgan fingerprint density at radius 2 is 1.11 bits per heavy atom. The predicted octanol–water partition coefficient (Wildman–Crippen LogP) is 10.3. The Labute approximate surface area is 189 Å². The van der Waals surface area contributed by atoms with Crippen molar-refractivity contribution in [1.82, 2.24) is 0 Å². The van der Waals surface area contributed by atoms with Crippen LogP contribution >= 0.6 is 34.8 Å². The van der Waals surface area contributed by atoms with E-state index in [0.717, 1.165) is 12.3 Å². The van der Waals surface area contributed by atoms with Crippen molar-refractivity contribution in [3.05, 3.63) is 33.8 Å². The van der Waals surface area contributed by atoms with Crippen molar-refractivity contribution in [2.24, 2.45) is 5.41 Å². The van der Waals surface area contributed by atoms with Crippen LogP contribution in [0.4, 0.5) is 0 Å². The third-order valence-corrected chi connectivity index (χ3v) is 6.66. The van der Waals surface area contributed by atoms with Crippen LogP contribution in [0.15, 0.2) is 18.2 Å². The van der Waals surface area contributed by atoms with Crippen molar-refractivity contribution in [3.63, 3.8) is 0 Å². The minimum Gasteiger partial charge on any atom is -0.127 e. The molecule has 0 saturated heterocycles. The summed E-state index contributed by atoms with van der Waals surface area (Å²) in [4.78, 5) is 0. The number of hydrogen-bond acceptors (Lipinski definition) is 0. The molecule has 0 bridgehead atoms. The van der Waals surface area contributed by atoms with Crippen LogP contribution < -0.4 is 0 Å². The highest BCUT2D eigenvalue weighted by atomic mass is 35.5. The molecule has 0 saturated carbocycles. The van der Waals surface area contributed by atoms with Gasteiger partial charge in [0.15, 0.2) is 0 Å². The molecule has 0 unspecified atom stereocenters. The van der Waals surface area contributed by atoms with Crippen LogP contribution in [-0.2, 0) is 6.42 Å². The Bertz CT molecular complexity index is 511. The van der Waals surface area contributed by atoms with Gasteiger partial charge in [-0.25, -0.2) is 0 Å². The maximum atomic E-state index is 6.15. The van der Waals surface area contributed by atoms with Crippen molar-refractivity contribution in [2.45, 2.75) is 110 Å². The minimum atomic E-state index is 0.320. The van der Waals surface area contributed by atoms with Crippen LogP contribution in [0.1, 0.15) is 109 Å². The van der Waals surface area contributed by atoms with Gasteiger partial charge in [0, 0.05) is 5.88 Å². The first kappa shape index (κ1) is 26.1. The first-order chi connectivity index (χ1) is 13.4. The second-order valence-corrected chi connectivity index (χ2v) is 10.3. The Balaban J connectivity index is 1.96. The van der Waals surface area contributed by atoms with Crippen molar-refractivity contribution < 1.29 is 0 Å². The molecule has 0 N–H and O–H groups in total. The monoisotopic (exact) mass is 446 g/mol. The van der Waals surface area contributed by atoms with E-state index in [1.807, 2.05) is 12.1 Å². The number of alkyl halides is 1. The fraction of sp³-hybridized carbons (Fsp3) is 0.760. The fourth-order valence-electron chi connectivity index (χ4n) is 3.93. The van der Waals surface area contributed by atoms with E-state index in [4.69, 9.17) is 34.8 Å². The molecule has 0 spiro atoms. The molecule has 3 heteroatoms. The van der Waals surface area contributed by atoms with E-state index in [2.05, 4.69) is 19.9 Å². The van der Waals surface area contributed by atoms with Crippen LogP contribution in [0.5, 0.6) is 0 Å². The Kier molecular flexibility index (Phi) is 14.8. The van der Waals surface area contributed by atoms with Gasteiger partial charge in [-0.3, -0.25) is 0 Å². The molecule has 0 aromatic heterocycles. The Hall–Kier alpha value is 0.0900. The molecule has 0 atom stereocenters. The zero-order chi connectivity index (χ0) is 20.7. The standard InChI is InChI=1S/C25H41Cl3/c1-25(2,21-22-16-17-23(27)24(28)20-22)18-14-12-10-8-6-4-3-5-7-9-11-13-15-19-26/h16-17,20H,3-15,18-19,21H2,1-2H3. The van der Waals surface area contributed by atoms with Gasteiger partial charge in [-0.1, -0.05) is 120 Å². The quantitative estimate of drug-likeness (QED) is 0.164. The highest BCUT2D eigenvalue weighted by Crippen LogP contribution is 2.31. The summed E-state index contributed by atoms with van der Waals surface area (Å²) in [6, 6.07) is 6.04. The molecule has 1 aromatic rings. The summed E-state index contributed by atoms with van der Waals surface area (Å²) >= 11 is 17.9. The lowest BCUT2D eigenvalue weighted by molar-refractivity contribution is 0.316. The van der Waals surface area contributed by atoms with Gasteiger partial charge in [0.05, 0.1) is 10.0 Å². The number of halogens is 3. The molecular formula is C25H41Cl3. The summed E-state index contributed by atoms with van der Waals surface area (Å²) in [6.45, 7) is 4.73. The van der Waals surface area contributed by atoms with E-state index in [0.29, 0.717) is 15.5 Å². The average molecular weight is 448 g/mol. The SMILES string of the molecule is CC(C)(CCCCCCCCCCCCCCCCl)Cc1ccc(Cl)c(Cl)c1. The fourth-order valence-corrected chi connectivity index (χ4v) is 4.44. The minimum absolute atomic E-state index is 0.320. The molecule has 0 aliphatic heterocycles. The lowest BCUT2D eigenvalue weighted by atomic mass is 9.81. The summed E-state index contributed by atoms with van der Waals surface area (Å²) in [5.41, 5.74) is 1.61. The van der Waals surface area contributed by atoms with Crippen molar-refractivity contribution in [3.8, 4) is 0 Å². The lowest BCUT2D eigenvalue weighted by Gasteiger charge is -2.25. The maximum Gasteiger partial charge on any atom is 0.0595 e. The summed E-state index contributed by atoms with van der Waals surface area (Å²) in [6.07, 6.45) is 20.2. The maximum absolute atomic E-state index is 6.15. The summed E-state index contributed by atoms with van der Waals surface area (Å²) in [5.74, 6) is 0.828. The van der Waals surface area contributed by atoms with Crippen LogP contribution in [0.2, 0.25) is 10.0 Å². The summed E-state index contributed by atoms with van der Waals surface area (Å²) in [5, 5.41) is 1.31. The number of unbranched alkanes of at least 4 members (excludes halogenated alkanes) is 12. The molecule has 0 radical (unpaired) electrons. The highest BCUT2D eigenvalue weighted by Gasteiger charge is 2.18. The largest absolute Gasteiger partial charge is 0.127 e. The molecule has 0 aliphatic rings. The Morgan fingerprint density at radius 1 is 0.643 bits per heavy atom. The van der Waals surface area contributed by atoms with E-state index >= 15 is 0 Å². The zero-order valence-corrected chi connectivity index (χ0v) is 20.4. The van der Waals surface area contributed by atoms with Gasteiger partial charge in [0.25, 0.3) is 0 Å². The number of hydrogen-bond donors (Lipinski definition) is 0. The van der Waals surface area contributed by atoms with Crippen LogP contribution in [0.3, 0.4) is 0 Å². The van der Waals surface area contributed by atoms with E-state index in [9.17, 15) is 0 Å². The Morgan fingerprint density at radius 3 is 1.57 bits per heavy atom. The summed E-state index contributed by atoms with van der Waals surface area (Å²) in [7, 11) is 0. The van der Waals surface area contributed by atoms with E-state index < -0.39 is 0 Å². The molecule has 1 aromatic carbocycles. The van der Waals surface area contributed by atoms with Gasteiger partial charge in [0.1, 0.15) is 0 Å². The van der Waals surface area contributed by atoms with Crippen LogP contribution in [-0.4, -0.2) is 5.88 Å². The second kappa shape index (κ2) is 15.9. The topological polar surface area (TPSA) is 0 Å². The molecule has 0 amide bonds. The van der Waals surface area contributed by atoms with Crippen LogP contribution in [0, 0.1) is 5.41 Å². The van der Waals surface area contributed by atoms with Crippen molar-refractivity contribution in [2.75, 3.05) is 5.88 Å². The lowest BCUT2D eigenvalue weighted by Crippen LogP contribution is -2.15. The molecule has 0 aliphatic carbocycles. The van der Waals surface area contributed by atoms with E-state index in [1.165, 1.54) is 95.5 Å². The predicted molar refractivity (Wildman–Crippen MR) is 129 cm³/mol. The van der Waals surface area contributed by atoms with Gasteiger partial charge in [-0.05, 0) is 42.4 Å². The van der Waals surface area contributed by atoms with E-state index in [1.54, 1.807) is 0 Å². The zero-order valence-electron chi connectivity index (χ0n) is 18.2. The first-order valence-electron chi connectivity index (χ1n) is 11.4. The van der Waals surface area contributed by atoms with Gasteiger partial charge in [-0.15, -0.1) is 11.6 Å². The normalized spacial score (nSPS) is 11.9. The smallest absolute Gasteiger partial charge is 0.0595 e. The molecule has 1 rings (SSSR count). The number of rotatable bonds is 17. The van der Waals surface area contributed by atoms with E-state index in [-0.39, 0.29) is 0 Å². The molecule has 162 valence electrons. The van der Waals surface area contributed by atoms with Crippen LogP contribution in [0.25, 0.3) is 0 Å². The van der Waals surface area contributed by atoms with Crippen molar-refractivity contribution >= 4 is 34.8 Å². The molecule has 0 fully saturated rings. The molecule has 0 heterocycles. The molecule has 28 heavy (non-hydrogen) atoms. The third-order valence-electron chi connectivity index (χ3n) is 5.65. The third kappa shape index (κ3) is 13.3. The number of benzene rings is 1. The van der Waals surface area contributed by atoms with Gasteiger partial charge in [0.2, 0.25) is 0 Å². The van der Waals surface area contributed by atoms with Gasteiger partial charge < -0.3 is 0 Å². The summed E-state index contributed by atoms with van der Waals surface area (Å²) < 4.78 is 0. The average Bonchev–Trinajstić information content (AvgIpc) is 2.65. The molecular weight excluding hydrogens is 407 g/mol. The second-order valence-electron chi connectivity index (χ2n) is 9.12. The van der Waals surface area contributed by atoms with Gasteiger partial charge >= 0.3 is 0 Å². The molecule has 0 nitrogen and oxygen atoms in total.